The average Bonchev–Trinajstić information content (AvgIpc) is 2.81. The highest BCUT2D eigenvalue weighted by Crippen LogP contribution is 2.18. The van der Waals surface area contributed by atoms with E-state index in [4.69, 9.17) is 5.26 Å². The Morgan fingerprint density at radius 2 is 2.33 bits per heavy atom. The van der Waals surface area contributed by atoms with Crippen molar-refractivity contribution < 1.29 is 0 Å². The number of piperidine rings is 1. The summed E-state index contributed by atoms with van der Waals surface area (Å²) in [6.07, 6.45) is 3.18. The topological polar surface area (TPSA) is 44.9 Å². The predicted molar refractivity (Wildman–Crippen MR) is 70.9 cm³/mol. The Morgan fingerprint density at radius 3 is 3.00 bits per heavy atom. The molecular weight excluding hydrogens is 224 g/mol. The zero-order valence-electron chi connectivity index (χ0n) is 11.4. The Hall–Kier alpha value is -1.34. The Kier molecular flexibility index (Phi) is 4.38. The van der Waals surface area contributed by atoms with Gasteiger partial charge in [-0.3, -0.25) is 9.58 Å². The summed E-state index contributed by atoms with van der Waals surface area (Å²) in [7, 11) is 0. The number of nitriles is 1. The number of aryl methyl sites for hydroxylation is 2. The largest absolute Gasteiger partial charge is 0.296 e. The van der Waals surface area contributed by atoms with Crippen LogP contribution in [0.1, 0.15) is 38.1 Å². The van der Waals surface area contributed by atoms with Crippen LogP contribution in [0.3, 0.4) is 0 Å². The molecule has 0 aliphatic carbocycles. The molecule has 1 aromatic rings. The fourth-order valence-corrected chi connectivity index (χ4v) is 2.62. The summed E-state index contributed by atoms with van der Waals surface area (Å²) in [5.74, 6) is 0.211. The zero-order chi connectivity index (χ0) is 13.0. The summed E-state index contributed by atoms with van der Waals surface area (Å²) in [6.45, 7) is 8.13. The van der Waals surface area contributed by atoms with Crippen molar-refractivity contribution in [2.24, 2.45) is 5.92 Å². The first-order valence-corrected chi connectivity index (χ1v) is 6.94. The molecule has 4 heteroatoms. The number of nitrogens with zero attached hydrogens (tertiary/aromatic N) is 4. The van der Waals surface area contributed by atoms with Crippen molar-refractivity contribution >= 4 is 0 Å². The van der Waals surface area contributed by atoms with Crippen molar-refractivity contribution in [3.8, 4) is 6.07 Å². The molecule has 2 rings (SSSR count). The molecule has 0 spiro atoms. The average molecular weight is 246 g/mol. The first-order valence-electron chi connectivity index (χ1n) is 6.94. The molecule has 0 saturated carbocycles. The SMILES string of the molecule is CCc1cc(CN2CCCC(C#N)C2)n(CC)n1. The van der Waals surface area contributed by atoms with Gasteiger partial charge >= 0.3 is 0 Å². The Labute approximate surface area is 109 Å². The van der Waals surface area contributed by atoms with Gasteiger partial charge in [0.2, 0.25) is 0 Å². The molecule has 2 heterocycles. The fraction of sp³-hybridized carbons (Fsp3) is 0.714. The van der Waals surface area contributed by atoms with Crippen molar-refractivity contribution in [3.63, 3.8) is 0 Å². The smallest absolute Gasteiger partial charge is 0.0669 e. The highest BCUT2D eigenvalue weighted by atomic mass is 15.3. The van der Waals surface area contributed by atoms with E-state index in [-0.39, 0.29) is 5.92 Å². The lowest BCUT2D eigenvalue weighted by Crippen LogP contribution is -2.34. The van der Waals surface area contributed by atoms with E-state index in [0.29, 0.717) is 0 Å². The van der Waals surface area contributed by atoms with Crippen molar-refractivity contribution in [1.82, 2.24) is 14.7 Å². The van der Waals surface area contributed by atoms with Crippen LogP contribution in [0.25, 0.3) is 0 Å². The van der Waals surface area contributed by atoms with Gasteiger partial charge in [-0.1, -0.05) is 6.92 Å². The number of likely N-dealkylation sites (tertiary alicyclic amines) is 1. The second-order valence-electron chi connectivity index (χ2n) is 5.00. The molecule has 0 radical (unpaired) electrons. The lowest BCUT2D eigenvalue weighted by atomic mass is 10.00. The third kappa shape index (κ3) is 2.91. The van der Waals surface area contributed by atoms with E-state index in [1.54, 1.807) is 0 Å². The molecule has 1 aliphatic rings. The van der Waals surface area contributed by atoms with Crippen LogP contribution in [0, 0.1) is 17.2 Å². The molecule has 1 aromatic heterocycles. The van der Waals surface area contributed by atoms with Gasteiger partial charge in [0.05, 0.1) is 23.4 Å². The molecule has 0 aromatic carbocycles. The van der Waals surface area contributed by atoms with Crippen LogP contribution in [-0.4, -0.2) is 27.8 Å². The summed E-state index contributed by atoms with van der Waals surface area (Å²) in [4.78, 5) is 2.39. The maximum absolute atomic E-state index is 9.02. The molecule has 1 aliphatic heterocycles. The van der Waals surface area contributed by atoms with E-state index < -0.39 is 0 Å². The molecule has 1 unspecified atom stereocenters. The highest BCUT2D eigenvalue weighted by molar-refractivity contribution is 5.10. The second kappa shape index (κ2) is 6.01. The molecule has 4 nitrogen and oxygen atoms in total. The summed E-state index contributed by atoms with van der Waals surface area (Å²) in [5, 5.41) is 13.6. The molecule has 0 N–H and O–H groups in total. The molecule has 1 atom stereocenters. The van der Waals surface area contributed by atoms with Crippen LogP contribution in [0.5, 0.6) is 0 Å². The Balaban J connectivity index is 2.04. The van der Waals surface area contributed by atoms with Crippen LogP contribution in [-0.2, 0) is 19.5 Å². The number of rotatable bonds is 4. The van der Waals surface area contributed by atoms with Gasteiger partial charge in [0, 0.05) is 19.6 Å². The first kappa shape index (κ1) is 13.1. The van der Waals surface area contributed by atoms with Gasteiger partial charge < -0.3 is 0 Å². The molecule has 0 amide bonds. The quantitative estimate of drug-likeness (QED) is 0.818. The van der Waals surface area contributed by atoms with E-state index in [9.17, 15) is 0 Å². The monoisotopic (exact) mass is 246 g/mol. The minimum atomic E-state index is 0.211. The maximum atomic E-state index is 9.02. The molecule has 1 fully saturated rings. The Bertz CT molecular complexity index is 429. The summed E-state index contributed by atoms with van der Waals surface area (Å²) >= 11 is 0. The van der Waals surface area contributed by atoms with E-state index >= 15 is 0 Å². The maximum Gasteiger partial charge on any atom is 0.0669 e. The fourth-order valence-electron chi connectivity index (χ4n) is 2.62. The van der Waals surface area contributed by atoms with Crippen LogP contribution in [0.4, 0.5) is 0 Å². The van der Waals surface area contributed by atoms with Crippen LogP contribution >= 0.6 is 0 Å². The minimum absolute atomic E-state index is 0.211. The third-order valence-electron chi connectivity index (χ3n) is 3.65. The van der Waals surface area contributed by atoms with E-state index in [2.05, 4.69) is 40.7 Å². The summed E-state index contributed by atoms with van der Waals surface area (Å²) in [5.41, 5.74) is 2.45. The summed E-state index contributed by atoms with van der Waals surface area (Å²) in [6, 6.07) is 4.61. The number of hydrogen-bond donors (Lipinski definition) is 0. The normalized spacial score (nSPS) is 20.8. The van der Waals surface area contributed by atoms with Crippen LogP contribution in [0.15, 0.2) is 6.07 Å². The molecule has 1 saturated heterocycles. The predicted octanol–water partition coefficient (Wildman–Crippen LogP) is 2.20. The van der Waals surface area contributed by atoms with Gasteiger partial charge in [-0.25, -0.2) is 0 Å². The van der Waals surface area contributed by atoms with Crippen LogP contribution in [0.2, 0.25) is 0 Å². The van der Waals surface area contributed by atoms with Crippen molar-refractivity contribution in [2.75, 3.05) is 13.1 Å². The van der Waals surface area contributed by atoms with Gasteiger partial charge in [0.1, 0.15) is 0 Å². The van der Waals surface area contributed by atoms with Crippen molar-refractivity contribution in [1.29, 1.82) is 5.26 Å². The van der Waals surface area contributed by atoms with E-state index in [1.165, 1.54) is 11.4 Å². The summed E-state index contributed by atoms with van der Waals surface area (Å²) < 4.78 is 2.09. The number of hydrogen-bond acceptors (Lipinski definition) is 3. The van der Waals surface area contributed by atoms with Crippen LogP contribution < -0.4 is 0 Å². The minimum Gasteiger partial charge on any atom is -0.296 e. The molecule has 0 bridgehead atoms. The standard InChI is InChI=1S/C14H22N4/c1-3-13-8-14(18(4-2)16-13)11-17-7-5-6-12(9-15)10-17/h8,12H,3-7,10-11H2,1-2H3. The number of aromatic nitrogens is 2. The first-order chi connectivity index (χ1) is 8.76. The van der Waals surface area contributed by atoms with E-state index in [0.717, 1.165) is 45.4 Å². The van der Waals surface area contributed by atoms with Gasteiger partial charge in [-0.2, -0.15) is 10.4 Å². The van der Waals surface area contributed by atoms with Gasteiger partial charge in [-0.15, -0.1) is 0 Å². The second-order valence-corrected chi connectivity index (χ2v) is 5.00. The lowest BCUT2D eigenvalue weighted by Gasteiger charge is -2.29. The third-order valence-corrected chi connectivity index (χ3v) is 3.65. The van der Waals surface area contributed by atoms with Gasteiger partial charge in [0.15, 0.2) is 0 Å². The Morgan fingerprint density at radius 1 is 1.50 bits per heavy atom. The van der Waals surface area contributed by atoms with Crippen molar-refractivity contribution in [2.45, 2.75) is 46.2 Å². The highest BCUT2D eigenvalue weighted by Gasteiger charge is 2.20. The molecule has 98 valence electrons. The van der Waals surface area contributed by atoms with Gasteiger partial charge in [-0.05, 0) is 38.8 Å². The van der Waals surface area contributed by atoms with E-state index in [1.807, 2.05) is 0 Å². The van der Waals surface area contributed by atoms with Crippen molar-refractivity contribution in [3.05, 3.63) is 17.5 Å². The molecule has 18 heavy (non-hydrogen) atoms. The lowest BCUT2D eigenvalue weighted by molar-refractivity contribution is 0.187. The molecular formula is C14H22N4. The zero-order valence-corrected chi connectivity index (χ0v) is 11.4. The van der Waals surface area contributed by atoms with Gasteiger partial charge in [0.25, 0.3) is 0 Å².